The fourth-order valence-electron chi connectivity index (χ4n) is 3.97. The number of ether oxygens (including phenoxy) is 2. The van der Waals surface area contributed by atoms with E-state index < -0.39 is 0 Å². The van der Waals surface area contributed by atoms with Crippen LogP contribution in [0.25, 0.3) is 0 Å². The van der Waals surface area contributed by atoms with Gasteiger partial charge in [0, 0.05) is 28.8 Å². The van der Waals surface area contributed by atoms with Crippen LogP contribution in [0.15, 0.2) is 66.7 Å². The molecule has 0 saturated heterocycles. The van der Waals surface area contributed by atoms with Gasteiger partial charge in [0.25, 0.3) is 5.91 Å². The molecule has 5 nitrogen and oxygen atoms in total. The van der Waals surface area contributed by atoms with Gasteiger partial charge in [-0.05, 0) is 42.0 Å². The number of amides is 1. The quantitative estimate of drug-likeness (QED) is 0.665. The van der Waals surface area contributed by atoms with Gasteiger partial charge in [-0.25, -0.2) is 0 Å². The molecular formula is C25H27N2O3+. The third-order valence-corrected chi connectivity index (χ3v) is 5.60. The van der Waals surface area contributed by atoms with Gasteiger partial charge in [0.1, 0.15) is 13.1 Å². The highest BCUT2D eigenvalue weighted by molar-refractivity contribution is 6.04. The van der Waals surface area contributed by atoms with Crippen LogP contribution < -0.4 is 19.7 Å². The molecule has 1 aliphatic rings. The van der Waals surface area contributed by atoms with Gasteiger partial charge < -0.3 is 19.7 Å². The van der Waals surface area contributed by atoms with Crippen LogP contribution in [-0.2, 0) is 19.5 Å². The summed E-state index contributed by atoms with van der Waals surface area (Å²) in [6.07, 6.45) is 1.02. The summed E-state index contributed by atoms with van der Waals surface area (Å²) >= 11 is 0. The van der Waals surface area contributed by atoms with Gasteiger partial charge in [-0.3, -0.25) is 4.79 Å². The van der Waals surface area contributed by atoms with Gasteiger partial charge >= 0.3 is 0 Å². The van der Waals surface area contributed by atoms with Crippen LogP contribution in [0.1, 0.15) is 27.0 Å². The van der Waals surface area contributed by atoms with Gasteiger partial charge in [-0.1, -0.05) is 30.3 Å². The second kappa shape index (κ2) is 9.01. The van der Waals surface area contributed by atoms with Crippen LogP contribution in [-0.4, -0.2) is 26.7 Å². The molecule has 0 radical (unpaired) electrons. The van der Waals surface area contributed by atoms with E-state index in [1.165, 1.54) is 21.6 Å². The number of methoxy groups -OCH3 is 2. The number of fused-ring (bicyclic) bond motifs is 1. The van der Waals surface area contributed by atoms with Crippen molar-refractivity contribution in [2.75, 3.05) is 26.1 Å². The lowest BCUT2D eigenvalue weighted by molar-refractivity contribution is -0.929. The predicted octanol–water partition coefficient (Wildman–Crippen LogP) is 3.10. The number of carbonyl (C=O) groups excluding carboxylic acids is 1. The molecule has 1 heterocycles. The van der Waals surface area contributed by atoms with Gasteiger partial charge in [0.05, 0.1) is 20.8 Å². The van der Waals surface area contributed by atoms with Crippen molar-refractivity contribution in [3.05, 3.63) is 89.0 Å². The van der Waals surface area contributed by atoms with Crippen LogP contribution in [0.5, 0.6) is 11.5 Å². The van der Waals surface area contributed by atoms with Crippen LogP contribution in [0.4, 0.5) is 5.69 Å². The number of quaternary nitrogens is 1. The highest BCUT2D eigenvalue weighted by atomic mass is 16.5. The van der Waals surface area contributed by atoms with Crippen LogP contribution in [0, 0.1) is 0 Å². The lowest BCUT2D eigenvalue weighted by Crippen LogP contribution is -3.10. The Hall–Kier alpha value is -3.31. The highest BCUT2D eigenvalue weighted by Gasteiger charge is 2.22. The van der Waals surface area contributed by atoms with Crippen molar-refractivity contribution in [3.63, 3.8) is 0 Å². The summed E-state index contributed by atoms with van der Waals surface area (Å²) in [5.41, 5.74) is 5.34. The van der Waals surface area contributed by atoms with E-state index in [2.05, 4.69) is 29.6 Å². The van der Waals surface area contributed by atoms with E-state index in [4.69, 9.17) is 9.47 Å². The van der Waals surface area contributed by atoms with Crippen molar-refractivity contribution in [2.45, 2.75) is 19.5 Å². The summed E-state index contributed by atoms with van der Waals surface area (Å²) in [4.78, 5) is 13.9. The van der Waals surface area contributed by atoms with Crippen molar-refractivity contribution in [2.24, 2.45) is 0 Å². The van der Waals surface area contributed by atoms with E-state index in [0.717, 1.165) is 43.2 Å². The Morgan fingerprint density at radius 2 is 1.60 bits per heavy atom. The topological polar surface area (TPSA) is 52.0 Å². The number of benzene rings is 3. The fourth-order valence-corrected chi connectivity index (χ4v) is 3.97. The number of rotatable bonds is 6. The molecule has 0 aliphatic carbocycles. The Kier molecular flexibility index (Phi) is 6.00. The molecule has 154 valence electrons. The lowest BCUT2D eigenvalue weighted by atomic mass is 9.98. The first kappa shape index (κ1) is 20.0. The number of para-hydroxylation sites is 1. The zero-order chi connectivity index (χ0) is 20.9. The molecule has 0 fully saturated rings. The molecule has 1 aliphatic heterocycles. The molecule has 2 N–H and O–H groups in total. The average Bonchev–Trinajstić information content (AvgIpc) is 2.79. The van der Waals surface area contributed by atoms with Gasteiger partial charge in [-0.15, -0.1) is 0 Å². The summed E-state index contributed by atoms with van der Waals surface area (Å²) in [7, 11) is 3.35. The smallest absolute Gasteiger partial charge is 0.255 e. The molecule has 4 rings (SSSR count). The number of anilines is 1. The summed E-state index contributed by atoms with van der Waals surface area (Å²) in [6.45, 7) is 2.94. The summed E-state index contributed by atoms with van der Waals surface area (Å²) in [6, 6.07) is 21.6. The molecule has 0 bridgehead atoms. The maximum Gasteiger partial charge on any atom is 0.255 e. The molecule has 30 heavy (non-hydrogen) atoms. The Morgan fingerprint density at radius 3 is 2.27 bits per heavy atom. The summed E-state index contributed by atoms with van der Waals surface area (Å²) in [5, 5.41) is 2.92. The lowest BCUT2D eigenvalue weighted by Gasteiger charge is -2.27. The van der Waals surface area contributed by atoms with E-state index in [0.29, 0.717) is 5.56 Å². The summed E-state index contributed by atoms with van der Waals surface area (Å²) < 4.78 is 10.9. The number of hydrogen-bond acceptors (Lipinski definition) is 3. The van der Waals surface area contributed by atoms with E-state index in [9.17, 15) is 4.79 Å². The van der Waals surface area contributed by atoms with E-state index in [-0.39, 0.29) is 5.91 Å². The predicted molar refractivity (Wildman–Crippen MR) is 117 cm³/mol. The third-order valence-electron chi connectivity index (χ3n) is 5.60. The minimum atomic E-state index is -0.0898. The number of nitrogens with one attached hydrogen (secondary N) is 2. The first-order valence-corrected chi connectivity index (χ1v) is 10.2. The molecule has 3 aromatic rings. The zero-order valence-corrected chi connectivity index (χ0v) is 17.4. The maximum atomic E-state index is 12.4. The molecule has 1 atom stereocenters. The number of hydrogen-bond donors (Lipinski definition) is 2. The second-order valence-corrected chi connectivity index (χ2v) is 7.60. The normalized spacial score (nSPS) is 15.2. The molecular weight excluding hydrogens is 376 g/mol. The van der Waals surface area contributed by atoms with Gasteiger partial charge in [-0.2, -0.15) is 0 Å². The van der Waals surface area contributed by atoms with Crippen molar-refractivity contribution < 1.29 is 19.2 Å². The van der Waals surface area contributed by atoms with E-state index >= 15 is 0 Å². The molecule has 1 unspecified atom stereocenters. The van der Waals surface area contributed by atoms with Crippen molar-refractivity contribution >= 4 is 11.6 Å². The van der Waals surface area contributed by atoms with E-state index in [1.54, 1.807) is 14.2 Å². The Morgan fingerprint density at radius 1 is 0.933 bits per heavy atom. The molecule has 0 aromatic heterocycles. The van der Waals surface area contributed by atoms with Crippen molar-refractivity contribution in [3.8, 4) is 11.5 Å². The van der Waals surface area contributed by atoms with Crippen LogP contribution >= 0.6 is 0 Å². The molecule has 3 aromatic carbocycles. The Labute approximate surface area is 177 Å². The first-order valence-electron chi connectivity index (χ1n) is 10.2. The first-order chi connectivity index (χ1) is 14.7. The average molecular weight is 404 g/mol. The Balaban J connectivity index is 1.40. The third kappa shape index (κ3) is 4.47. The van der Waals surface area contributed by atoms with E-state index in [1.807, 2.05) is 42.5 Å². The van der Waals surface area contributed by atoms with Crippen molar-refractivity contribution in [1.82, 2.24) is 0 Å². The maximum absolute atomic E-state index is 12.4. The second-order valence-electron chi connectivity index (χ2n) is 7.60. The molecule has 5 heteroatoms. The minimum absolute atomic E-state index is 0.0898. The standard InChI is InChI=1S/C25H26N2O3/c1-29-23-14-20-12-13-27(17-21(20)15-24(23)30-2)16-18-8-10-19(11-9-18)25(28)26-22-6-4-3-5-7-22/h3-11,14-15H,12-13,16-17H2,1-2H3,(H,26,28)/p+1. The van der Waals surface area contributed by atoms with Gasteiger partial charge in [0.15, 0.2) is 11.5 Å². The van der Waals surface area contributed by atoms with Crippen LogP contribution in [0.3, 0.4) is 0 Å². The van der Waals surface area contributed by atoms with Gasteiger partial charge in [0.2, 0.25) is 0 Å². The molecule has 1 amide bonds. The number of carbonyl (C=O) groups is 1. The monoisotopic (exact) mass is 403 g/mol. The molecule has 0 spiro atoms. The van der Waals surface area contributed by atoms with Crippen molar-refractivity contribution in [1.29, 1.82) is 0 Å². The fraction of sp³-hybridized carbons (Fsp3) is 0.240. The zero-order valence-electron chi connectivity index (χ0n) is 17.4. The van der Waals surface area contributed by atoms with Crippen LogP contribution in [0.2, 0.25) is 0 Å². The molecule has 0 saturated carbocycles. The largest absolute Gasteiger partial charge is 0.493 e. The summed E-state index contributed by atoms with van der Waals surface area (Å²) in [5.74, 6) is 1.49. The minimum Gasteiger partial charge on any atom is -0.493 e. The highest BCUT2D eigenvalue weighted by Crippen LogP contribution is 2.31. The SMILES string of the molecule is COc1cc2c(cc1OC)C[NH+](Cc1ccc(C(=O)Nc3ccccc3)cc1)CC2. The Bertz CT molecular complexity index is 1020.